The molecule has 3 N–H and O–H groups in total. The van der Waals surface area contributed by atoms with Crippen LogP contribution in [0.3, 0.4) is 0 Å². The molecule has 5 nitrogen and oxygen atoms in total. The summed E-state index contributed by atoms with van der Waals surface area (Å²) in [5, 5.41) is 19.5. The van der Waals surface area contributed by atoms with E-state index in [1.165, 1.54) is 0 Å². The third-order valence-electron chi connectivity index (χ3n) is 3.64. The van der Waals surface area contributed by atoms with Crippen LogP contribution in [0.5, 0.6) is 0 Å². The van der Waals surface area contributed by atoms with Gasteiger partial charge in [0.25, 0.3) is 5.92 Å². The van der Waals surface area contributed by atoms with E-state index in [0.29, 0.717) is 12.8 Å². The van der Waals surface area contributed by atoms with Gasteiger partial charge in [0.15, 0.2) is 0 Å². The lowest BCUT2D eigenvalue weighted by Crippen LogP contribution is -2.43. The van der Waals surface area contributed by atoms with E-state index < -0.39 is 42.8 Å². The van der Waals surface area contributed by atoms with E-state index in [9.17, 15) is 18.4 Å². The van der Waals surface area contributed by atoms with Gasteiger partial charge in [0.2, 0.25) is 5.91 Å². The Kier molecular flexibility index (Phi) is 5.22. The Labute approximate surface area is 110 Å². The molecule has 0 aliphatic heterocycles. The van der Waals surface area contributed by atoms with E-state index in [2.05, 4.69) is 0 Å². The number of rotatable bonds is 6. The number of hydrogen-bond acceptors (Lipinski definition) is 3. The topological polar surface area (TPSA) is 86.6 Å². The number of halogens is 2. The van der Waals surface area contributed by atoms with Crippen LogP contribution in [0.2, 0.25) is 0 Å². The van der Waals surface area contributed by atoms with Crippen molar-refractivity contribution >= 4 is 11.9 Å². The molecular weight excluding hydrogens is 260 g/mol. The number of carbonyl (C=O) groups excluding carboxylic acids is 1. The van der Waals surface area contributed by atoms with Crippen LogP contribution in [0.25, 0.3) is 0 Å². The van der Waals surface area contributed by atoms with Crippen molar-refractivity contribution in [1.29, 1.82) is 0 Å². The molecule has 0 saturated heterocycles. The number of aliphatic hydroxyl groups excluding tert-OH is 1. The zero-order valence-corrected chi connectivity index (χ0v) is 10.7. The Morgan fingerprint density at radius 3 is 2.37 bits per heavy atom. The highest BCUT2D eigenvalue weighted by Crippen LogP contribution is 2.38. The van der Waals surface area contributed by atoms with Crippen molar-refractivity contribution in [3.63, 3.8) is 0 Å². The summed E-state index contributed by atoms with van der Waals surface area (Å²) in [6.45, 7) is -0.413. The fraction of sp³-hybridized carbons (Fsp3) is 0.833. The first-order chi connectivity index (χ1) is 8.80. The zero-order valence-electron chi connectivity index (χ0n) is 10.7. The molecule has 1 aliphatic carbocycles. The minimum Gasteiger partial charge on any atom is -0.481 e. The Morgan fingerprint density at radius 2 is 1.89 bits per heavy atom. The van der Waals surface area contributed by atoms with Gasteiger partial charge in [-0.25, -0.2) is 8.78 Å². The molecule has 0 radical (unpaired) electrons. The van der Waals surface area contributed by atoms with Crippen molar-refractivity contribution in [1.82, 2.24) is 5.32 Å². The number of hydrogen-bond donors (Lipinski definition) is 3. The lowest BCUT2D eigenvalue weighted by molar-refractivity contribution is -0.146. The molecule has 1 saturated carbocycles. The molecule has 0 aromatic carbocycles. The maximum absolute atomic E-state index is 12.8. The van der Waals surface area contributed by atoms with Crippen molar-refractivity contribution in [2.45, 2.75) is 32.1 Å². The molecule has 0 heterocycles. The molecule has 0 spiro atoms. The first kappa shape index (κ1) is 15.8. The van der Waals surface area contributed by atoms with Gasteiger partial charge in [-0.1, -0.05) is 13.3 Å². The second-order valence-electron chi connectivity index (χ2n) is 5.03. The van der Waals surface area contributed by atoms with Gasteiger partial charge in [-0.05, 0) is 18.8 Å². The monoisotopic (exact) mass is 279 g/mol. The van der Waals surface area contributed by atoms with Crippen LogP contribution in [0.1, 0.15) is 26.2 Å². The maximum atomic E-state index is 12.8. The molecule has 1 fully saturated rings. The smallest absolute Gasteiger partial charge is 0.307 e. The van der Waals surface area contributed by atoms with Crippen LogP contribution < -0.4 is 5.32 Å². The number of carboxylic acid groups (broad SMARTS) is 1. The summed E-state index contributed by atoms with van der Waals surface area (Å²) < 4.78 is 25.6. The molecule has 3 atom stereocenters. The highest BCUT2D eigenvalue weighted by atomic mass is 19.3. The van der Waals surface area contributed by atoms with Crippen molar-refractivity contribution in [2.24, 2.45) is 17.8 Å². The number of alkyl halides is 2. The molecule has 1 rings (SSSR count). The summed E-state index contributed by atoms with van der Waals surface area (Å²) in [6, 6.07) is 0. The highest BCUT2D eigenvalue weighted by molar-refractivity contribution is 5.85. The number of carbonyl (C=O) groups is 2. The van der Waals surface area contributed by atoms with Crippen molar-refractivity contribution in [3.8, 4) is 0 Å². The van der Waals surface area contributed by atoms with E-state index in [1.807, 2.05) is 12.2 Å². The first-order valence-corrected chi connectivity index (χ1v) is 6.30. The number of carboxylic acids is 1. The molecule has 110 valence electrons. The Hall–Kier alpha value is -1.24. The number of aliphatic carboxylic acids is 1. The fourth-order valence-corrected chi connectivity index (χ4v) is 2.44. The normalized spacial score (nSPS) is 27.3. The van der Waals surface area contributed by atoms with Gasteiger partial charge in [0.1, 0.15) is 6.61 Å². The lowest BCUT2D eigenvalue weighted by atomic mass is 9.95. The van der Waals surface area contributed by atoms with Gasteiger partial charge in [-0.15, -0.1) is 0 Å². The zero-order chi connectivity index (χ0) is 14.6. The number of aliphatic hydroxyl groups is 1. The summed E-state index contributed by atoms with van der Waals surface area (Å²) in [5.74, 6) is -6.56. The van der Waals surface area contributed by atoms with Gasteiger partial charge in [-0.2, -0.15) is 0 Å². The summed E-state index contributed by atoms with van der Waals surface area (Å²) in [6.07, 6.45) is 1.57. The van der Waals surface area contributed by atoms with E-state index in [4.69, 9.17) is 10.2 Å². The third kappa shape index (κ3) is 4.12. The third-order valence-corrected chi connectivity index (χ3v) is 3.64. The van der Waals surface area contributed by atoms with Crippen molar-refractivity contribution in [2.75, 3.05) is 13.2 Å². The Bertz CT molecular complexity index is 349. The van der Waals surface area contributed by atoms with Crippen LogP contribution in [0.15, 0.2) is 0 Å². The summed E-state index contributed by atoms with van der Waals surface area (Å²) in [4.78, 5) is 22.9. The van der Waals surface area contributed by atoms with Crippen LogP contribution in [-0.4, -0.2) is 41.2 Å². The fourth-order valence-electron chi connectivity index (χ4n) is 2.44. The predicted octanol–water partition coefficient (Wildman–Crippen LogP) is 0.867. The molecular formula is C12H19F2NO4. The highest BCUT2D eigenvalue weighted by Gasteiger charge is 2.42. The Balaban J connectivity index is 2.62. The molecule has 1 amide bonds. The predicted molar refractivity (Wildman–Crippen MR) is 62.7 cm³/mol. The van der Waals surface area contributed by atoms with E-state index in [1.54, 1.807) is 0 Å². The minimum atomic E-state index is -3.38. The summed E-state index contributed by atoms with van der Waals surface area (Å²) in [7, 11) is 0. The second kappa shape index (κ2) is 6.27. The molecule has 3 unspecified atom stereocenters. The SMILES string of the molecule is CCC1CC(C(=O)O)C(C(=O)NCC(F)(F)CO)C1. The van der Waals surface area contributed by atoms with Crippen molar-refractivity contribution < 1.29 is 28.6 Å². The largest absolute Gasteiger partial charge is 0.481 e. The lowest BCUT2D eigenvalue weighted by Gasteiger charge is -2.18. The molecule has 7 heteroatoms. The van der Waals surface area contributed by atoms with E-state index in [0.717, 1.165) is 6.42 Å². The molecule has 0 bridgehead atoms. The van der Waals surface area contributed by atoms with Gasteiger partial charge < -0.3 is 15.5 Å². The van der Waals surface area contributed by atoms with E-state index >= 15 is 0 Å². The number of nitrogens with one attached hydrogen (secondary N) is 1. The average Bonchev–Trinajstić information content (AvgIpc) is 2.80. The maximum Gasteiger partial charge on any atom is 0.307 e. The Morgan fingerprint density at radius 1 is 1.32 bits per heavy atom. The number of amides is 1. The first-order valence-electron chi connectivity index (χ1n) is 6.30. The minimum absolute atomic E-state index is 0.134. The summed E-state index contributed by atoms with van der Waals surface area (Å²) in [5.41, 5.74) is 0. The standard InChI is InChI=1S/C12H19F2NO4/c1-2-7-3-8(9(4-7)11(18)19)10(17)15-5-12(13,14)6-16/h7-9,16H,2-6H2,1H3,(H,15,17)(H,18,19). The quantitative estimate of drug-likeness (QED) is 0.673. The van der Waals surface area contributed by atoms with Crippen LogP contribution in [0, 0.1) is 17.8 Å². The molecule has 0 aromatic heterocycles. The van der Waals surface area contributed by atoms with Gasteiger partial charge in [0, 0.05) is 0 Å². The molecule has 0 aromatic rings. The van der Waals surface area contributed by atoms with E-state index in [-0.39, 0.29) is 5.92 Å². The van der Waals surface area contributed by atoms with Crippen LogP contribution >= 0.6 is 0 Å². The van der Waals surface area contributed by atoms with Crippen LogP contribution in [-0.2, 0) is 9.59 Å². The second-order valence-corrected chi connectivity index (χ2v) is 5.03. The summed E-state index contributed by atoms with van der Waals surface area (Å²) >= 11 is 0. The average molecular weight is 279 g/mol. The van der Waals surface area contributed by atoms with Gasteiger partial charge in [-0.3, -0.25) is 9.59 Å². The molecule has 1 aliphatic rings. The molecule has 19 heavy (non-hydrogen) atoms. The van der Waals surface area contributed by atoms with Crippen LogP contribution in [0.4, 0.5) is 8.78 Å². The van der Waals surface area contributed by atoms with Gasteiger partial charge >= 0.3 is 5.97 Å². The van der Waals surface area contributed by atoms with Gasteiger partial charge in [0.05, 0.1) is 18.4 Å². The van der Waals surface area contributed by atoms with Crippen molar-refractivity contribution in [3.05, 3.63) is 0 Å².